The molecule has 4 fully saturated rings. The maximum Gasteiger partial charge on any atom is 0.268 e. The van der Waals surface area contributed by atoms with Crippen molar-refractivity contribution >= 4 is 43.7 Å². The molecule has 6 heterocycles. The summed E-state index contributed by atoms with van der Waals surface area (Å²) in [6.45, 7) is 13.9. The van der Waals surface area contributed by atoms with Gasteiger partial charge in [0, 0.05) is 87.6 Å². The minimum atomic E-state index is -4.62. The Morgan fingerprint density at radius 2 is 1.71 bits per heavy atom. The van der Waals surface area contributed by atoms with Crippen LogP contribution in [0, 0.1) is 17.2 Å². The molecular weight excluding hydrogens is 1030 g/mol. The molecule has 11 rings (SSSR count). The summed E-state index contributed by atoms with van der Waals surface area (Å²) in [6, 6.07) is 21.8. The zero-order chi connectivity index (χ0) is 55.2. The first kappa shape index (κ1) is 54.2. The lowest BCUT2D eigenvalue weighted by Gasteiger charge is -2.58. The number of aryl methyl sites for hydroxylation is 1. The van der Waals surface area contributed by atoms with Crippen molar-refractivity contribution in [3.8, 4) is 28.9 Å². The second-order valence-corrected chi connectivity index (χ2v) is 24.5. The molecular formula is C60H72FN9O8S. The van der Waals surface area contributed by atoms with Gasteiger partial charge in [-0.3, -0.25) is 14.6 Å². The predicted molar refractivity (Wildman–Crippen MR) is 300 cm³/mol. The van der Waals surface area contributed by atoms with Crippen LogP contribution in [-0.2, 0) is 23.0 Å². The maximum atomic E-state index is 15.1. The molecule has 2 aliphatic carbocycles. The zero-order valence-electron chi connectivity index (χ0n) is 46.0. The lowest BCUT2D eigenvalue weighted by molar-refractivity contribution is -0.0628. The minimum absolute atomic E-state index is 0.0508. The first-order valence-electron chi connectivity index (χ1n) is 27.8. The largest absolute Gasteiger partial charge is 0.493 e. The van der Waals surface area contributed by atoms with Gasteiger partial charge in [0.1, 0.15) is 38.9 Å². The van der Waals surface area contributed by atoms with E-state index in [1.54, 1.807) is 25.3 Å². The molecule has 1 atom stereocenters. The molecule has 4 aromatic heterocycles. The molecule has 79 heavy (non-hydrogen) atoms. The van der Waals surface area contributed by atoms with Gasteiger partial charge >= 0.3 is 0 Å². The number of piperidine rings is 1. The molecule has 3 aromatic carbocycles. The highest BCUT2D eigenvalue weighted by molar-refractivity contribution is 7.90. The summed E-state index contributed by atoms with van der Waals surface area (Å²) < 4.78 is 70.3. The monoisotopic (exact) mass is 1100 g/mol. The second kappa shape index (κ2) is 22.0. The number of imidazole rings is 1. The van der Waals surface area contributed by atoms with E-state index >= 15 is 4.39 Å². The van der Waals surface area contributed by atoms with Crippen LogP contribution in [-0.4, -0.2) is 119 Å². The highest BCUT2D eigenvalue weighted by Gasteiger charge is 2.50. The molecule has 0 bridgehead atoms. The number of benzene rings is 3. The van der Waals surface area contributed by atoms with E-state index in [0.717, 1.165) is 83.5 Å². The number of hydrogen-bond acceptors (Lipinski definition) is 14. The highest BCUT2D eigenvalue weighted by Crippen LogP contribution is 2.54. The Labute approximate surface area is 461 Å². The number of piperazine rings is 1. The Hall–Kier alpha value is -6.80. The SMILES string of the molecule is CCc1nc2[nH]cc(F)c2cc1Oc1cc(N2CCC3(CC2)CC(N2CCN(Cc4ccnc(OC)c4)C[C@H]2c2ccccc2C(C)C)C3)ccc1C(=O)NS(=O)(=O)c1cc(OC)c(OCC2CCC(C)(O)CC2)c2[nH]cnc12. The van der Waals surface area contributed by atoms with Crippen LogP contribution in [0.15, 0.2) is 90.3 Å². The van der Waals surface area contributed by atoms with Crippen LogP contribution in [0.5, 0.6) is 28.9 Å². The standard InChI is InChI=1S/C60H72FN9O8S/c1-7-47-50(28-45-46(61)32-63-57(45)66-47)78-49-27-40(12-13-44(49)58(71)67-79(73,74)52-29-51(75-5)56(55-54(52)64-36-65-55)77-35-38-14-17-59(4,72)18-15-38)69-22-19-60(20-23-69)30-41(31-60)70-25-24-68(33-39-16-21-62-53(26-39)76-6)34-48(70)43-11-9-8-10-42(43)37(2)3/h8-13,16,21,26-29,32,36-38,41,48,72H,7,14-15,17-20,22-25,30-31,33-35H2,1-6H3,(H,63,66)(H,64,65)(H,67,71)/t38?,48-,59?/m0/s1. The van der Waals surface area contributed by atoms with E-state index in [0.29, 0.717) is 66.3 Å². The molecule has 2 saturated heterocycles. The first-order valence-corrected chi connectivity index (χ1v) is 29.3. The summed E-state index contributed by atoms with van der Waals surface area (Å²) in [5.41, 5.74) is 5.50. The van der Waals surface area contributed by atoms with E-state index in [9.17, 15) is 18.3 Å². The molecule has 19 heteroatoms. The number of methoxy groups -OCH3 is 2. The summed E-state index contributed by atoms with van der Waals surface area (Å²) >= 11 is 0. The van der Waals surface area contributed by atoms with Crippen LogP contribution in [0.2, 0.25) is 0 Å². The van der Waals surface area contributed by atoms with E-state index in [-0.39, 0.29) is 56.0 Å². The quantitative estimate of drug-likeness (QED) is 0.0671. The number of nitrogens with zero attached hydrogens (tertiary/aromatic N) is 6. The van der Waals surface area contributed by atoms with Crippen molar-refractivity contribution in [1.29, 1.82) is 0 Å². The second-order valence-electron chi connectivity index (χ2n) is 22.8. The number of H-pyrrole nitrogens is 2. The van der Waals surface area contributed by atoms with Crippen molar-refractivity contribution in [2.75, 3.05) is 58.5 Å². The van der Waals surface area contributed by atoms with Crippen LogP contribution in [0.4, 0.5) is 10.1 Å². The Morgan fingerprint density at radius 3 is 2.46 bits per heavy atom. The number of aromatic amines is 2. The van der Waals surface area contributed by atoms with E-state index in [2.05, 4.69) is 88.5 Å². The van der Waals surface area contributed by atoms with Gasteiger partial charge in [0.05, 0.1) is 49.4 Å². The van der Waals surface area contributed by atoms with Crippen LogP contribution in [0.1, 0.15) is 124 Å². The molecule has 1 spiro atoms. The van der Waals surface area contributed by atoms with Gasteiger partial charge in [-0.05, 0) is 123 Å². The summed E-state index contributed by atoms with van der Waals surface area (Å²) in [5.74, 6) is 0.533. The number of nitrogens with one attached hydrogen (secondary N) is 3. The number of amides is 1. The normalized spacial score (nSPS) is 21.2. The predicted octanol–water partition coefficient (Wildman–Crippen LogP) is 10.2. The topological polar surface area (TPSA) is 200 Å². The van der Waals surface area contributed by atoms with E-state index in [4.69, 9.17) is 18.9 Å². The molecule has 7 aromatic rings. The van der Waals surface area contributed by atoms with Gasteiger partial charge in [-0.25, -0.2) is 32.5 Å². The van der Waals surface area contributed by atoms with Crippen LogP contribution in [0.25, 0.3) is 22.1 Å². The fourth-order valence-corrected chi connectivity index (χ4v) is 13.8. The van der Waals surface area contributed by atoms with Crippen molar-refractivity contribution < 1.29 is 41.7 Å². The summed E-state index contributed by atoms with van der Waals surface area (Å²) in [5, 5.41) is 10.7. The van der Waals surface area contributed by atoms with Gasteiger partial charge in [-0.2, -0.15) is 0 Å². The molecule has 2 aliphatic heterocycles. The molecule has 1 amide bonds. The van der Waals surface area contributed by atoms with Crippen molar-refractivity contribution in [1.82, 2.24) is 39.4 Å². The number of pyridine rings is 2. The lowest BCUT2D eigenvalue weighted by atomic mass is 9.59. The Morgan fingerprint density at radius 1 is 0.924 bits per heavy atom. The number of aliphatic hydroxyl groups is 1. The van der Waals surface area contributed by atoms with E-state index in [1.165, 1.54) is 42.4 Å². The van der Waals surface area contributed by atoms with E-state index in [1.807, 2.05) is 32.2 Å². The third-order valence-corrected chi connectivity index (χ3v) is 18.6. The zero-order valence-corrected chi connectivity index (χ0v) is 46.8. The Bertz CT molecular complexity index is 3470. The number of ether oxygens (including phenoxy) is 4. The molecule has 4 aliphatic rings. The van der Waals surface area contributed by atoms with Gasteiger partial charge in [-0.1, -0.05) is 45.0 Å². The van der Waals surface area contributed by atoms with Gasteiger partial charge < -0.3 is 38.9 Å². The Balaban J connectivity index is 0.822. The van der Waals surface area contributed by atoms with Crippen molar-refractivity contribution in [2.45, 2.75) is 121 Å². The fraction of sp³-hybridized carbons (Fsp3) is 0.467. The summed E-state index contributed by atoms with van der Waals surface area (Å²) in [7, 11) is -1.54. The number of hydrogen-bond donors (Lipinski definition) is 4. The number of sulfonamides is 1. The third-order valence-electron chi connectivity index (χ3n) is 17.3. The number of halogens is 1. The van der Waals surface area contributed by atoms with Crippen LogP contribution < -0.4 is 28.6 Å². The van der Waals surface area contributed by atoms with Crippen molar-refractivity contribution in [3.63, 3.8) is 0 Å². The average molecular weight is 1100 g/mol. The fourth-order valence-electron chi connectivity index (χ4n) is 12.7. The highest BCUT2D eigenvalue weighted by atomic mass is 32.2. The molecule has 0 unspecified atom stereocenters. The lowest BCUT2D eigenvalue weighted by Crippen LogP contribution is -2.60. The maximum absolute atomic E-state index is 15.1. The summed E-state index contributed by atoms with van der Waals surface area (Å²) in [6.07, 6.45) is 11.9. The van der Waals surface area contributed by atoms with Gasteiger partial charge in [0.25, 0.3) is 15.9 Å². The van der Waals surface area contributed by atoms with Gasteiger partial charge in [0.15, 0.2) is 11.5 Å². The number of carbonyl (C=O) groups excluding carboxylic acids is 1. The van der Waals surface area contributed by atoms with Crippen molar-refractivity contribution in [2.24, 2.45) is 11.3 Å². The molecule has 0 radical (unpaired) electrons. The van der Waals surface area contributed by atoms with Gasteiger partial charge in [0.2, 0.25) is 5.88 Å². The molecule has 418 valence electrons. The number of anilines is 1. The average Bonchev–Trinajstić information content (AvgIpc) is 4.22. The minimum Gasteiger partial charge on any atom is -0.493 e. The number of fused-ring (bicyclic) bond motifs is 2. The van der Waals surface area contributed by atoms with Crippen molar-refractivity contribution in [3.05, 3.63) is 119 Å². The van der Waals surface area contributed by atoms with E-state index < -0.39 is 27.3 Å². The number of rotatable bonds is 17. The molecule has 4 N–H and O–H groups in total. The molecule has 2 saturated carbocycles. The number of aromatic nitrogens is 5. The smallest absolute Gasteiger partial charge is 0.268 e. The number of carbonyl (C=O) groups is 1. The third kappa shape index (κ3) is 11.1. The Kier molecular flexibility index (Phi) is 15.1. The molecule has 17 nitrogen and oxygen atoms in total. The van der Waals surface area contributed by atoms with Crippen LogP contribution >= 0.6 is 0 Å². The van der Waals surface area contributed by atoms with Crippen LogP contribution in [0.3, 0.4) is 0 Å². The summed E-state index contributed by atoms with van der Waals surface area (Å²) in [4.78, 5) is 41.1. The van der Waals surface area contributed by atoms with Gasteiger partial charge in [-0.15, -0.1) is 0 Å². The first-order chi connectivity index (χ1) is 38.0.